The summed E-state index contributed by atoms with van der Waals surface area (Å²) in [5.41, 5.74) is 12.3. The van der Waals surface area contributed by atoms with Crippen molar-refractivity contribution in [2.75, 3.05) is 5.32 Å². The summed E-state index contributed by atoms with van der Waals surface area (Å²) in [4.78, 5) is 17.4. The molecular weight excluding hydrogens is 398 g/mol. The van der Waals surface area contributed by atoms with E-state index < -0.39 is 0 Å². The minimum atomic E-state index is 0.147. The fourth-order valence-corrected chi connectivity index (χ4v) is 3.68. The summed E-state index contributed by atoms with van der Waals surface area (Å²) in [6.07, 6.45) is 9.30. The SMILES string of the molecule is C=C(c1cnc2ccc(-c3cnc(C#N)nc3)cc2c1Nc1ccc(CN)cn1)C1CC1. The van der Waals surface area contributed by atoms with Gasteiger partial charge in [0.2, 0.25) is 5.82 Å². The number of allylic oxidation sites excluding steroid dienone is 1. The van der Waals surface area contributed by atoms with Crippen molar-refractivity contribution < 1.29 is 0 Å². The van der Waals surface area contributed by atoms with Crippen LogP contribution in [-0.4, -0.2) is 19.9 Å². The van der Waals surface area contributed by atoms with E-state index in [1.165, 1.54) is 0 Å². The maximum absolute atomic E-state index is 8.97. The van der Waals surface area contributed by atoms with Crippen LogP contribution in [0.2, 0.25) is 0 Å². The standard InChI is InChI=1S/C25H21N7/c1-15(17-3-4-17)21-14-28-22-6-5-18(19-12-30-24(10-27)31-13-19)8-20(22)25(21)32-23-7-2-16(9-26)11-29-23/h2,5-8,11-14,17H,1,3-4,9,26H2,(H,28,29,32). The highest BCUT2D eigenvalue weighted by Gasteiger charge is 2.27. The fourth-order valence-electron chi connectivity index (χ4n) is 3.68. The van der Waals surface area contributed by atoms with Gasteiger partial charge in [-0.05, 0) is 53.7 Å². The van der Waals surface area contributed by atoms with Crippen LogP contribution < -0.4 is 11.1 Å². The molecule has 1 aliphatic carbocycles. The van der Waals surface area contributed by atoms with Gasteiger partial charge < -0.3 is 11.1 Å². The number of pyridine rings is 2. The van der Waals surface area contributed by atoms with Crippen molar-refractivity contribution in [3.8, 4) is 17.2 Å². The lowest BCUT2D eigenvalue weighted by atomic mass is 9.98. The summed E-state index contributed by atoms with van der Waals surface area (Å²) in [7, 11) is 0. The van der Waals surface area contributed by atoms with E-state index in [0.717, 1.165) is 63.1 Å². The number of nitriles is 1. The van der Waals surface area contributed by atoms with Gasteiger partial charge in [-0.3, -0.25) is 4.98 Å². The first-order valence-corrected chi connectivity index (χ1v) is 10.4. The van der Waals surface area contributed by atoms with Gasteiger partial charge in [-0.15, -0.1) is 0 Å². The second-order valence-corrected chi connectivity index (χ2v) is 7.87. The Morgan fingerprint density at radius 2 is 1.84 bits per heavy atom. The number of hydrogen-bond acceptors (Lipinski definition) is 7. The average molecular weight is 419 g/mol. The lowest BCUT2D eigenvalue weighted by Crippen LogP contribution is -2.02. The Hall–Kier alpha value is -4.15. The van der Waals surface area contributed by atoms with Gasteiger partial charge >= 0.3 is 0 Å². The van der Waals surface area contributed by atoms with Crippen molar-refractivity contribution in [3.63, 3.8) is 0 Å². The van der Waals surface area contributed by atoms with Crippen molar-refractivity contribution in [1.29, 1.82) is 5.26 Å². The molecule has 0 atom stereocenters. The Balaban J connectivity index is 1.64. The summed E-state index contributed by atoms with van der Waals surface area (Å²) in [5.74, 6) is 1.37. The number of hydrogen-bond donors (Lipinski definition) is 2. The van der Waals surface area contributed by atoms with Gasteiger partial charge in [-0.25, -0.2) is 15.0 Å². The van der Waals surface area contributed by atoms with Crippen LogP contribution in [0.4, 0.5) is 11.5 Å². The van der Waals surface area contributed by atoms with Gasteiger partial charge in [0.25, 0.3) is 0 Å². The highest BCUT2D eigenvalue weighted by Crippen LogP contribution is 2.44. The molecule has 0 radical (unpaired) electrons. The Labute approximate surface area is 185 Å². The van der Waals surface area contributed by atoms with Crippen molar-refractivity contribution >= 4 is 28.0 Å². The molecule has 1 fully saturated rings. The predicted octanol–water partition coefficient (Wildman–Crippen LogP) is 4.58. The van der Waals surface area contributed by atoms with E-state index in [1.807, 2.05) is 36.5 Å². The minimum Gasteiger partial charge on any atom is -0.339 e. The molecule has 1 aromatic carbocycles. The van der Waals surface area contributed by atoms with Gasteiger partial charge in [0.05, 0.1) is 11.2 Å². The van der Waals surface area contributed by atoms with E-state index in [4.69, 9.17) is 16.0 Å². The molecule has 0 bridgehead atoms. The van der Waals surface area contributed by atoms with E-state index in [1.54, 1.807) is 18.6 Å². The van der Waals surface area contributed by atoms with E-state index in [-0.39, 0.29) is 5.82 Å². The van der Waals surface area contributed by atoms with Crippen LogP contribution >= 0.6 is 0 Å². The Morgan fingerprint density at radius 1 is 1.03 bits per heavy atom. The molecule has 0 saturated heterocycles. The number of nitrogens with one attached hydrogen (secondary N) is 1. The Kier molecular flexibility index (Phi) is 5.06. The number of fused-ring (bicyclic) bond motifs is 1. The Morgan fingerprint density at radius 3 is 2.50 bits per heavy atom. The van der Waals surface area contributed by atoms with Crippen LogP contribution in [-0.2, 0) is 6.54 Å². The minimum absolute atomic E-state index is 0.147. The van der Waals surface area contributed by atoms with Crippen LogP contribution in [0, 0.1) is 17.2 Å². The normalized spacial score (nSPS) is 13.0. The zero-order chi connectivity index (χ0) is 22.1. The highest BCUT2D eigenvalue weighted by atomic mass is 15.0. The molecule has 7 heteroatoms. The third kappa shape index (κ3) is 3.80. The molecule has 7 nitrogen and oxygen atoms in total. The molecular formula is C25H21N7. The van der Waals surface area contributed by atoms with E-state index in [0.29, 0.717) is 12.5 Å². The first kappa shape index (κ1) is 19.8. The van der Waals surface area contributed by atoms with Crippen molar-refractivity contribution in [2.24, 2.45) is 11.7 Å². The van der Waals surface area contributed by atoms with E-state index in [2.05, 4.69) is 32.9 Å². The molecule has 3 heterocycles. The van der Waals surface area contributed by atoms with Crippen LogP contribution in [0.1, 0.15) is 29.8 Å². The van der Waals surface area contributed by atoms with Gasteiger partial charge in [0.15, 0.2) is 0 Å². The quantitative estimate of drug-likeness (QED) is 0.470. The molecule has 0 aliphatic heterocycles. The number of aromatic nitrogens is 4. The lowest BCUT2D eigenvalue weighted by Gasteiger charge is -2.17. The number of nitrogens with two attached hydrogens (primary N) is 1. The molecule has 0 spiro atoms. The summed E-state index contributed by atoms with van der Waals surface area (Å²) in [6.45, 7) is 4.81. The average Bonchev–Trinajstić information content (AvgIpc) is 3.70. The number of rotatable bonds is 6. The molecule has 32 heavy (non-hydrogen) atoms. The summed E-state index contributed by atoms with van der Waals surface area (Å²) < 4.78 is 0. The predicted molar refractivity (Wildman–Crippen MR) is 125 cm³/mol. The summed E-state index contributed by atoms with van der Waals surface area (Å²) in [5, 5.41) is 13.4. The van der Waals surface area contributed by atoms with Crippen molar-refractivity contribution in [1.82, 2.24) is 19.9 Å². The number of nitrogens with zero attached hydrogens (tertiary/aromatic N) is 5. The number of anilines is 2. The number of benzene rings is 1. The third-order valence-corrected chi connectivity index (χ3v) is 5.68. The van der Waals surface area contributed by atoms with E-state index >= 15 is 0 Å². The molecule has 1 aliphatic rings. The first-order valence-electron chi connectivity index (χ1n) is 10.4. The fraction of sp³-hybridized carbons (Fsp3) is 0.160. The van der Waals surface area contributed by atoms with Crippen LogP contribution in [0.15, 0.2) is 61.7 Å². The van der Waals surface area contributed by atoms with Crippen LogP contribution in [0.3, 0.4) is 0 Å². The first-order chi connectivity index (χ1) is 15.7. The maximum atomic E-state index is 8.97. The Bertz CT molecular complexity index is 1350. The summed E-state index contributed by atoms with van der Waals surface area (Å²) in [6, 6.07) is 11.9. The third-order valence-electron chi connectivity index (χ3n) is 5.68. The van der Waals surface area contributed by atoms with Gasteiger partial charge in [-0.1, -0.05) is 18.7 Å². The van der Waals surface area contributed by atoms with Crippen LogP contribution in [0.25, 0.3) is 27.6 Å². The smallest absolute Gasteiger partial charge is 0.232 e. The van der Waals surface area contributed by atoms with E-state index in [9.17, 15) is 0 Å². The van der Waals surface area contributed by atoms with Crippen LogP contribution in [0.5, 0.6) is 0 Å². The topological polar surface area (TPSA) is 113 Å². The molecule has 0 unspecified atom stereocenters. The molecule has 4 aromatic rings. The van der Waals surface area contributed by atoms with Crippen molar-refractivity contribution in [2.45, 2.75) is 19.4 Å². The lowest BCUT2D eigenvalue weighted by molar-refractivity contribution is 1.05. The zero-order valence-corrected chi connectivity index (χ0v) is 17.4. The molecule has 156 valence electrons. The molecule has 0 amide bonds. The van der Waals surface area contributed by atoms with Gasteiger partial charge in [-0.2, -0.15) is 5.26 Å². The van der Waals surface area contributed by atoms with Gasteiger partial charge in [0.1, 0.15) is 11.9 Å². The second-order valence-electron chi connectivity index (χ2n) is 7.87. The molecule has 5 rings (SSSR count). The maximum Gasteiger partial charge on any atom is 0.232 e. The highest BCUT2D eigenvalue weighted by molar-refractivity contribution is 6.00. The molecule has 3 N–H and O–H groups in total. The van der Waals surface area contributed by atoms with Crippen molar-refractivity contribution in [3.05, 3.63) is 78.6 Å². The molecule has 3 aromatic heterocycles. The second kappa shape index (κ2) is 8.17. The monoisotopic (exact) mass is 419 g/mol. The zero-order valence-electron chi connectivity index (χ0n) is 17.4. The summed E-state index contributed by atoms with van der Waals surface area (Å²) >= 11 is 0. The largest absolute Gasteiger partial charge is 0.339 e. The molecule has 1 saturated carbocycles. The van der Waals surface area contributed by atoms with Gasteiger partial charge in [0, 0.05) is 47.8 Å².